The van der Waals surface area contributed by atoms with E-state index in [-0.39, 0.29) is 25.0 Å². The van der Waals surface area contributed by atoms with Crippen LogP contribution in [0.1, 0.15) is 68.5 Å². The molecule has 41 heavy (non-hydrogen) atoms. The minimum absolute atomic E-state index is 0.169. The molecule has 0 fully saturated rings. The first-order chi connectivity index (χ1) is 19.9. The Morgan fingerprint density at radius 3 is 2.73 bits per heavy atom. The van der Waals surface area contributed by atoms with Crippen molar-refractivity contribution in [2.75, 3.05) is 11.9 Å². The summed E-state index contributed by atoms with van der Waals surface area (Å²) in [6.07, 6.45) is 3.80. The molecule has 1 aliphatic carbocycles. The number of carbonyl (C=O) groups excluding carboxylic acids is 3. The highest BCUT2D eigenvalue weighted by Crippen LogP contribution is 2.39. The molecule has 3 heterocycles. The van der Waals surface area contributed by atoms with Crippen molar-refractivity contribution >= 4 is 57.2 Å². The van der Waals surface area contributed by atoms with Gasteiger partial charge in [-0.15, -0.1) is 32.9 Å². The number of aromatic nitrogens is 3. The third kappa shape index (κ3) is 6.55. The molecule has 2 amide bonds. The van der Waals surface area contributed by atoms with E-state index in [2.05, 4.69) is 20.8 Å². The van der Waals surface area contributed by atoms with Crippen LogP contribution in [-0.4, -0.2) is 44.4 Å². The van der Waals surface area contributed by atoms with Gasteiger partial charge in [0.25, 0.3) is 5.91 Å². The van der Waals surface area contributed by atoms with Crippen LogP contribution in [0.5, 0.6) is 0 Å². The molecular weight excluding hydrogens is 579 g/mol. The molecule has 1 atom stereocenters. The SMILES string of the molecule is CCOC(=O)c1c(NC(=O)[C@H](C)Sc2nnc(CNC(=O)c3cccs3)n2-c2cccc(C)c2)sc2c1CCCC2. The van der Waals surface area contributed by atoms with Crippen LogP contribution in [-0.2, 0) is 28.9 Å². The van der Waals surface area contributed by atoms with E-state index in [1.54, 1.807) is 19.9 Å². The van der Waals surface area contributed by atoms with Crippen LogP contribution < -0.4 is 10.6 Å². The smallest absolute Gasteiger partial charge is 0.341 e. The topological polar surface area (TPSA) is 115 Å². The predicted octanol–water partition coefficient (Wildman–Crippen LogP) is 5.80. The van der Waals surface area contributed by atoms with Gasteiger partial charge in [0, 0.05) is 10.6 Å². The van der Waals surface area contributed by atoms with Crippen LogP contribution >= 0.6 is 34.4 Å². The lowest BCUT2D eigenvalue weighted by molar-refractivity contribution is -0.115. The number of ether oxygens (including phenoxy) is 1. The van der Waals surface area contributed by atoms with Crippen molar-refractivity contribution in [2.24, 2.45) is 0 Å². The molecular formula is C29H31N5O4S3. The summed E-state index contributed by atoms with van der Waals surface area (Å²) in [6, 6.07) is 11.5. The monoisotopic (exact) mass is 609 g/mol. The number of anilines is 1. The fourth-order valence-electron chi connectivity index (χ4n) is 4.67. The lowest BCUT2D eigenvalue weighted by Crippen LogP contribution is -2.25. The van der Waals surface area contributed by atoms with Gasteiger partial charge in [0.1, 0.15) is 5.00 Å². The number of amides is 2. The summed E-state index contributed by atoms with van der Waals surface area (Å²) in [4.78, 5) is 40.6. The Morgan fingerprint density at radius 2 is 1.98 bits per heavy atom. The first-order valence-electron chi connectivity index (χ1n) is 13.5. The van der Waals surface area contributed by atoms with Gasteiger partial charge in [0.05, 0.1) is 28.8 Å². The zero-order valence-electron chi connectivity index (χ0n) is 23.1. The molecule has 5 rings (SSSR count). The van der Waals surface area contributed by atoms with Gasteiger partial charge in [-0.3, -0.25) is 14.2 Å². The van der Waals surface area contributed by atoms with Crippen molar-refractivity contribution < 1.29 is 19.1 Å². The molecule has 4 aromatic rings. The summed E-state index contributed by atoms with van der Waals surface area (Å²) in [5.41, 5.74) is 3.38. The minimum Gasteiger partial charge on any atom is -0.462 e. The molecule has 0 spiro atoms. The van der Waals surface area contributed by atoms with E-state index in [0.29, 0.717) is 26.4 Å². The summed E-state index contributed by atoms with van der Waals surface area (Å²) in [5, 5.41) is 17.0. The van der Waals surface area contributed by atoms with Gasteiger partial charge >= 0.3 is 5.97 Å². The Bertz CT molecular complexity index is 1560. The number of fused-ring (bicyclic) bond motifs is 1. The highest BCUT2D eigenvalue weighted by molar-refractivity contribution is 8.00. The third-order valence-electron chi connectivity index (χ3n) is 6.65. The van der Waals surface area contributed by atoms with Crippen molar-refractivity contribution in [2.45, 2.75) is 63.4 Å². The lowest BCUT2D eigenvalue weighted by Gasteiger charge is -2.15. The molecule has 0 unspecified atom stereocenters. The number of aryl methyl sites for hydroxylation is 2. The molecule has 0 aliphatic heterocycles. The van der Waals surface area contributed by atoms with E-state index >= 15 is 0 Å². The Hall–Kier alpha value is -3.48. The number of hydrogen-bond acceptors (Lipinski definition) is 9. The predicted molar refractivity (Wildman–Crippen MR) is 162 cm³/mol. The number of esters is 1. The van der Waals surface area contributed by atoms with Crippen LogP contribution in [0.2, 0.25) is 0 Å². The molecule has 3 aromatic heterocycles. The highest BCUT2D eigenvalue weighted by Gasteiger charge is 2.29. The second-order valence-corrected chi connectivity index (χ2v) is 13.0. The number of hydrogen-bond donors (Lipinski definition) is 2. The maximum absolute atomic E-state index is 13.4. The zero-order chi connectivity index (χ0) is 28.9. The van der Waals surface area contributed by atoms with E-state index in [1.807, 2.05) is 47.2 Å². The van der Waals surface area contributed by atoms with Gasteiger partial charge in [0.2, 0.25) is 5.91 Å². The van der Waals surface area contributed by atoms with Crippen LogP contribution in [0.25, 0.3) is 5.69 Å². The second kappa shape index (κ2) is 13.0. The summed E-state index contributed by atoms with van der Waals surface area (Å²) < 4.78 is 7.20. The van der Waals surface area contributed by atoms with Crippen LogP contribution in [0.4, 0.5) is 5.00 Å². The van der Waals surface area contributed by atoms with Crippen LogP contribution in [0, 0.1) is 6.92 Å². The Balaban J connectivity index is 1.37. The molecule has 12 heteroatoms. The Kier molecular flexibility index (Phi) is 9.21. The molecule has 2 N–H and O–H groups in total. The molecule has 1 aromatic carbocycles. The number of nitrogens with zero attached hydrogens (tertiary/aromatic N) is 3. The average molecular weight is 610 g/mol. The van der Waals surface area contributed by atoms with Crippen LogP contribution in [0.3, 0.4) is 0 Å². The summed E-state index contributed by atoms with van der Waals surface area (Å²) in [7, 11) is 0. The molecule has 0 saturated heterocycles. The fourth-order valence-corrected chi connectivity index (χ4v) is 7.48. The first-order valence-corrected chi connectivity index (χ1v) is 16.1. The average Bonchev–Trinajstić information content (AvgIpc) is 3.70. The number of thiophene rings is 2. The van der Waals surface area contributed by atoms with E-state index in [9.17, 15) is 14.4 Å². The Morgan fingerprint density at radius 1 is 1.15 bits per heavy atom. The van der Waals surface area contributed by atoms with Gasteiger partial charge in [-0.05, 0) is 81.2 Å². The van der Waals surface area contributed by atoms with Gasteiger partial charge in [-0.2, -0.15) is 0 Å². The fraction of sp³-hybridized carbons (Fsp3) is 0.345. The van der Waals surface area contributed by atoms with E-state index in [4.69, 9.17) is 4.74 Å². The van der Waals surface area contributed by atoms with Crippen LogP contribution in [0.15, 0.2) is 46.9 Å². The van der Waals surface area contributed by atoms with Crippen molar-refractivity contribution in [1.82, 2.24) is 20.1 Å². The number of thioether (sulfide) groups is 1. The van der Waals surface area contributed by atoms with Gasteiger partial charge in [-0.25, -0.2) is 4.79 Å². The Labute approximate surface area is 250 Å². The molecule has 214 valence electrons. The third-order valence-corrected chi connectivity index (χ3v) is 9.77. The summed E-state index contributed by atoms with van der Waals surface area (Å²) in [6.45, 7) is 6.01. The molecule has 0 bridgehead atoms. The van der Waals surface area contributed by atoms with Crippen molar-refractivity contribution in [3.63, 3.8) is 0 Å². The summed E-state index contributed by atoms with van der Waals surface area (Å²) >= 11 is 4.10. The van der Waals surface area contributed by atoms with Gasteiger partial charge < -0.3 is 15.4 Å². The maximum Gasteiger partial charge on any atom is 0.341 e. The minimum atomic E-state index is -0.550. The lowest BCUT2D eigenvalue weighted by atomic mass is 9.95. The quantitative estimate of drug-likeness (QED) is 0.172. The van der Waals surface area contributed by atoms with Gasteiger partial charge in [-0.1, -0.05) is 30.0 Å². The molecule has 0 saturated carbocycles. The van der Waals surface area contributed by atoms with E-state index in [0.717, 1.165) is 47.4 Å². The van der Waals surface area contributed by atoms with Crippen molar-refractivity contribution in [3.05, 3.63) is 74.0 Å². The first kappa shape index (κ1) is 29.0. The zero-order valence-corrected chi connectivity index (χ0v) is 25.5. The number of nitrogens with one attached hydrogen (secondary N) is 2. The largest absolute Gasteiger partial charge is 0.462 e. The highest BCUT2D eigenvalue weighted by atomic mass is 32.2. The normalized spacial score (nSPS) is 13.3. The second-order valence-electron chi connectivity index (χ2n) is 9.62. The molecule has 9 nitrogen and oxygen atoms in total. The summed E-state index contributed by atoms with van der Waals surface area (Å²) in [5.74, 6) is -0.274. The number of rotatable bonds is 10. The van der Waals surface area contributed by atoms with Crippen molar-refractivity contribution in [1.29, 1.82) is 0 Å². The number of carbonyl (C=O) groups is 3. The number of benzene rings is 1. The standard InChI is InChI=1S/C29H31N5O4S3/c1-4-38-28(37)24-20-11-5-6-12-21(20)41-27(24)31-25(35)18(3)40-29-33-32-23(16-30-26(36)22-13-8-14-39-22)34(29)19-10-7-9-17(2)15-19/h7-10,13-15,18H,4-6,11-12,16H2,1-3H3,(H,30,36)(H,31,35)/t18-/m0/s1. The molecule has 1 aliphatic rings. The van der Waals surface area contributed by atoms with Gasteiger partial charge in [0.15, 0.2) is 11.0 Å². The van der Waals surface area contributed by atoms with E-state index < -0.39 is 11.2 Å². The van der Waals surface area contributed by atoms with E-state index in [1.165, 1.54) is 34.4 Å². The van der Waals surface area contributed by atoms with Crippen molar-refractivity contribution in [3.8, 4) is 5.69 Å². The molecule has 0 radical (unpaired) electrons. The maximum atomic E-state index is 13.4.